The number of aliphatic hydroxyl groups excluding tert-OH is 2. The number of alkyl halides is 2. The summed E-state index contributed by atoms with van der Waals surface area (Å²) in [7, 11) is 0. The van der Waals surface area contributed by atoms with Gasteiger partial charge in [-0.05, 0) is 6.42 Å². The van der Waals surface area contributed by atoms with E-state index in [0.717, 1.165) is 6.42 Å². The van der Waals surface area contributed by atoms with Crippen LogP contribution in [0.4, 0.5) is 20.5 Å². The molecule has 0 radical (unpaired) electrons. The lowest BCUT2D eigenvalue weighted by molar-refractivity contribution is 0.224. The van der Waals surface area contributed by atoms with Crippen LogP contribution < -0.4 is 9.80 Å². The van der Waals surface area contributed by atoms with Gasteiger partial charge in [0.25, 0.3) is 6.43 Å². The molecule has 9 nitrogen and oxygen atoms in total. The fourth-order valence-corrected chi connectivity index (χ4v) is 3.94. The molecule has 2 aromatic rings. The van der Waals surface area contributed by atoms with Crippen LogP contribution in [0.5, 0.6) is 0 Å². The van der Waals surface area contributed by atoms with Crippen LogP contribution in [0.3, 0.4) is 0 Å². The van der Waals surface area contributed by atoms with Crippen molar-refractivity contribution in [3.63, 3.8) is 0 Å². The van der Waals surface area contributed by atoms with Gasteiger partial charge in [0.05, 0.1) is 43.4 Å². The summed E-state index contributed by atoms with van der Waals surface area (Å²) in [6.45, 7) is 2.84. The molecule has 0 saturated heterocycles. The number of anilines is 2. The van der Waals surface area contributed by atoms with Gasteiger partial charge in [-0.2, -0.15) is 15.1 Å². The second-order valence-electron chi connectivity index (χ2n) is 7.30. The maximum absolute atomic E-state index is 14.0. The molecule has 4 rings (SSSR count). The number of rotatable bonds is 9. The molecule has 31 heavy (non-hydrogen) atoms. The SMILES string of the molecule is CCCN(CCO)c1nc(N2C(C(F)F)=NC3C=CC=CC32)c2cnn(CCO)c2n1. The third-order valence-corrected chi connectivity index (χ3v) is 5.25. The second kappa shape index (κ2) is 9.06. The Morgan fingerprint density at radius 3 is 2.65 bits per heavy atom. The van der Waals surface area contributed by atoms with E-state index in [2.05, 4.69) is 20.1 Å². The molecular formula is C20H25F2N7O2. The predicted octanol–water partition coefficient (Wildman–Crippen LogP) is 1.37. The first-order valence-electron chi connectivity index (χ1n) is 10.3. The van der Waals surface area contributed by atoms with E-state index in [1.54, 1.807) is 12.2 Å². The Morgan fingerprint density at radius 2 is 1.94 bits per heavy atom. The summed E-state index contributed by atoms with van der Waals surface area (Å²) in [5, 5.41) is 23.7. The summed E-state index contributed by atoms with van der Waals surface area (Å²) >= 11 is 0. The van der Waals surface area contributed by atoms with Crippen LogP contribution in [0.2, 0.25) is 0 Å². The molecule has 0 fully saturated rings. The minimum Gasteiger partial charge on any atom is -0.395 e. The minimum absolute atomic E-state index is 0.0989. The highest BCUT2D eigenvalue weighted by Crippen LogP contribution is 2.35. The highest BCUT2D eigenvalue weighted by Gasteiger charge is 2.41. The molecule has 1 aliphatic carbocycles. The van der Waals surface area contributed by atoms with Crippen molar-refractivity contribution >= 4 is 28.6 Å². The van der Waals surface area contributed by atoms with Gasteiger partial charge in [0.1, 0.15) is 0 Å². The van der Waals surface area contributed by atoms with Crippen molar-refractivity contribution in [2.24, 2.45) is 4.99 Å². The molecule has 1 aliphatic heterocycles. The molecule has 0 bridgehead atoms. The lowest BCUT2D eigenvalue weighted by Crippen LogP contribution is -2.42. The van der Waals surface area contributed by atoms with Gasteiger partial charge < -0.3 is 15.1 Å². The van der Waals surface area contributed by atoms with Crippen molar-refractivity contribution in [2.75, 3.05) is 36.1 Å². The van der Waals surface area contributed by atoms with E-state index in [-0.39, 0.29) is 31.4 Å². The summed E-state index contributed by atoms with van der Waals surface area (Å²) in [4.78, 5) is 16.8. The molecule has 11 heteroatoms. The number of hydrogen-bond acceptors (Lipinski definition) is 8. The number of nitrogens with zero attached hydrogens (tertiary/aromatic N) is 7. The van der Waals surface area contributed by atoms with Gasteiger partial charge in [0, 0.05) is 13.1 Å². The summed E-state index contributed by atoms with van der Waals surface area (Å²) in [5.41, 5.74) is 0.431. The van der Waals surface area contributed by atoms with Crippen LogP contribution in [0.1, 0.15) is 13.3 Å². The Balaban J connectivity index is 1.90. The van der Waals surface area contributed by atoms with E-state index in [1.807, 2.05) is 24.0 Å². The summed E-state index contributed by atoms with van der Waals surface area (Å²) in [6, 6.07) is -0.863. The number of allylic oxidation sites excluding steroid dienone is 2. The molecule has 2 aliphatic rings. The molecule has 2 N–H and O–H groups in total. The Hall–Kier alpha value is -2.92. The first-order valence-corrected chi connectivity index (χ1v) is 10.3. The molecule has 0 aromatic carbocycles. The van der Waals surface area contributed by atoms with Crippen LogP contribution in [-0.2, 0) is 6.54 Å². The quantitative estimate of drug-likeness (QED) is 0.616. The summed E-state index contributed by atoms with van der Waals surface area (Å²) in [6.07, 6.45) is 6.75. The van der Waals surface area contributed by atoms with Crippen LogP contribution in [0, 0.1) is 0 Å². The third kappa shape index (κ3) is 3.90. The number of fused-ring (bicyclic) bond motifs is 2. The van der Waals surface area contributed by atoms with Gasteiger partial charge in [-0.15, -0.1) is 0 Å². The molecule has 3 heterocycles. The lowest BCUT2D eigenvalue weighted by atomic mass is 10.0. The summed E-state index contributed by atoms with van der Waals surface area (Å²) < 4.78 is 29.5. The molecule has 0 saturated carbocycles. The van der Waals surface area contributed by atoms with Crippen LogP contribution in [0.15, 0.2) is 35.5 Å². The van der Waals surface area contributed by atoms with E-state index >= 15 is 0 Å². The Labute approximate surface area is 178 Å². The standard InChI is InChI=1S/C20H25F2N7O2/c1-2-7-27(8-10-30)20-25-17-13(12-23-28(17)9-11-31)18(26-20)29-15-6-4-3-5-14(15)24-19(29)16(21)22/h3-6,12,14-16,30-31H,2,7-11H2,1H3. The molecular weight excluding hydrogens is 408 g/mol. The first kappa shape index (κ1) is 21.3. The number of amidine groups is 1. The van der Waals surface area contributed by atoms with Crippen LogP contribution >= 0.6 is 0 Å². The van der Waals surface area contributed by atoms with E-state index in [4.69, 9.17) is 0 Å². The second-order valence-corrected chi connectivity index (χ2v) is 7.30. The fraction of sp³-hybridized carbons (Fsp3) is 0.500. The Bertz CT molecular complexity index is 1010. The smallest absolute Gasteiger partial charge is 0.295 e. The van der Waals surface area contributed by atoms with Gasteiger partial charge in [-0.25, -0.2) is 13.5 Å². The Morgan fingerprint density at radius 1 is 1.13 bits per heavy atom. The van der Waals surface area contributed by atoms with E-state index in [0.29, 0.717) is 30.1 Å². The zero-order valence-electron chi connectivity index (χ0n) is 17.1. The van der Waals surface area contributed by atoms with Crippen LogP contribution in [0.25, 0.3) is 11.0 Å². The highest BCUT2D eigenvalue weighted by molar-refractivity contribution is 6.07. The monoisotopic (exact) mass is 433 g/mol. The fourth-order valence-electron chi connectivity index (χ4n) is 3.94. The summed E-state index contributed by atoms with van der Waals surface area (Å²) in [5.74, 6) is 0.247. The maximum atomic E-state index is 14.0. The van der Waals surface area contributed by atoms with Gasteiger partial charge in [0.15, 0.2) is 17.3 Å². The van der Waals surface area contributed by atoms with Gasteiger partial charge in [0.2, 0.25) is 5.95 Å². The molecule has 2 atom stereocenters. The molecule has 2 aromatic heterocycles. The van der Waals surface area contributed by atoms with Gasteiger partial charge in [-0.1, -0.05) is 31.2 Å². The highest BCUT2D eigenvalue weighted by atomic mass is 19.3. The van der Waals surface area contributed by atoms with Crippen molar-refractivity contribution < 1.29 is 19.0 Å². The zero-order valence-corrected chi connectivity index (χ0v) is 17.1. The van der Waals surface area contributed by atoms with E-state index in [1.165, 1.54) is 15.8 Å². The molecule has 2 unspecified atom stereocenters. The van der Waals surface area contributed by atoms with Crippen molar-refractivity contribution in [1.29, 1.82) is 0 Å². The van der Waals surface area contributed by atoms with E-state index < -0.39 is 18.5 Å². The Kier molecular flexibility index (Phi) is 6.23. The average molecular weight is 433 g/mol. The van der Waals surface area contributed by atoms with Crippen molar-refractivity contribution in [2.45, 2.75) is 38.4 Å². The average Bonchev–Trinajstić information content (AvgIpc) is 3.35. The van der Waals surface area contributed by atoms with Crippen LogP contribution in [-0.4, -0.2) is 80.6 Å². The molecule has 166 valence electrons. The largest absolute Gasteiger partial charge is 0.395 e. The number of aliphatic imine (C=N–C) groups is 1. The third-order valence-electron chi connectivity index (χ3n) is 5.25. The zero-order chi connectivity index (χ0) is 22.0. The number of aliphatic hydroxyl groups is 2. The van der Waals surface area contributed by atoms with Gasteiger partial charge >= 0.3 is 0 Å². The number of hydrogen-bond donors (Lipinski definition) is 2. The predicted molar refractivity (Wildman–Crippen MR) is 114 cm³/mol. The minimum atomic E-state index is -2.78. The lowest BCUT2D eigenvalue weighted by Gasteiger charge is -2.29. The van der Waals surface area contributed by atoms with Crippen molar-refractivity contribution in [1.82, 2.24) is 19.7 Å². The number of halogens is 2. The van der Waals surface area contributed by atoms with Crippen molar-refractivity contribution in [3.8, 4) is 0 Å². The molecule has 0 amide bonds. The number of aromatic nitrogens is 4. The molecule has 0 spiro atoms. The first-order chi connectivity index (χ1) is 15.1. The van der Waals surface area contributed by atoms with Gasteiger partial charge in [-0.3, -0.25) is 9.89 Å². The van der Waals surface area contributed by atoms with Crippen molar-refractivity contribution in [3.05, 3.63) is 30.5 Å². The van der Waals surface area contributed by atoms with E-state index in [9.17, 15) is 19.0 Å². The topological polar surface area (TPSA) is 103 Å². The normalized spacial score (nSPS) is 20.1. The maximum Gasteiger partial charge on any atom is 0.295 e.